The molecule has 0 saturated carbocycles. The lowest BCUT2D eigenvalue weighted by atomic mass is 10.5. The first-order valence-corrected chi connectivity index (χ1v) is 4.10. The van der Waals surface area contributed by atoms with E-state index >= 15 is 0 Å². The van der Waals surface area contributed by atoms with Gasteiger partial charge in [0.05, 0.1) is 0 Å². The number of hydrogen-bond donors (Lipinski definition) is 3. The van der Waals surface area contributed by atoms with E-state index in [0.717, 1.165) is 5.69 Å². The Morgan fingerprint density at radius 3 is 2.86 bits per heavy atom. The van der Waals surface area contributed by atoms with Crippen molar-refractivity contribution in [2.45, 2.75) is 6.92 Å². The minimum Gasteiger partial charge on any atom is -0.368 e. The van der Waals surface area contributed by atoms with Gasteiger partial charge in [-0.2, -0.15) is 10.1 Å². The Morgan fingerprint density at radius 2 is 2.36 bits per heavy atom. The molecular formula is C7H11N7. The van der Waals surface area contributed by atoms with Crippen LogP contribution < -0.4 is 11.1 Å². The van der Waals surface area contributed by atoms with Gasteiger partial charge >= 0.3 is 0 Å². The highest BCUT2D eigenvalue weighted by molar-refractivity contribution is 5.48. The molecule has 0 bridgehead atoms. The summed E-state index contributed by atoms with van der Waals surface area (Å²) in [5.41, 5.74) is 6.42. The van der Waals surface area contributed by atoms with Crippen LogP contribution in [0.5, 0.6) is 0 Å². The minimum atomic E-state index is 0.278. The van der Waals surface area contributed by atoms with Crippen LogP contribution in [0.2, 0.25) is 0 Å². The highest BCUT2D eigenvalue weighted by atomic mass is 15.4. The molecule has 0 aliphatic rings. The molecule has 0 unspecified atom stereocenters. The number of H-pyrrole nitrogens is 1. The van der Waals surface area contributed by atoms with Gasteiger partial charge in [-0.1, -0.05) is 0 Å². The highest BCUT2D eigenvalue weighted by Gasteiger charge is 2.04. The van der Waals surface area contributed by atoms with Crippen molar-refractivity contribution >= 4 is 17.7 Å². The van der Waals surface area contributed by atoms with Crippen LogP contribution in [0.25, 0.3) is 0 Å². The summed E-state index contributed by atoms with van der Waals surface area (Å²) in [6, 6.07) is 1.90. The molecule has 7 heteroatoms. The van der Waals surface area contributed by atoms with Crippen LogP contribution in [0.3, 0.4) is 0 Å². The van der Waals surface area contributed by atoms with Crippen LogP contribution in [-0.4, -0.2) is 25.0 Å². The topological polar surface area (TPSA) is 97.4 Å². The number of anilines is 3. The normalized spacial score (nSPS) is 10.4. The van der Waals surface area contributed by atoms with E-state index in [1.807, 2.05) is 20.0 Å². The maximum absolute atomic E-state index is 5.37. The maximum atomic E-state index is 5.37. The number of nitrogens with zero attached hydrogens (tertiary/aromatic N) is 4. The van der Waals surface area contributed by atoms with E-state index in [1.54, 1.807) is 4.68 Å². The zero-order valence-electron chi connectivity index (χ0n) is 7.94. The summed E-state index contributed by atoms with van der Waals surface area (Å²) in [4.78, 5) is 3.90. The van der Waals surface area contributed by atoms with E-state index < -0.39 is 0 Å². The fraction of sp³-hybridized carbons (Fsp3) is 0.286. The van der Waals surface area contributed by atoms with E-state index in [0.29, 0.717) is 11.8 Å². The molecule has 2 rings (SSSR count). The molecule has 14 heavy (non-hydrogen) atoms. The van der Waals surface area contributed by atoms with Gasteiger partial charge in [-0.05, 0) is 6.92 Å². The van der Waals surface area contributed by atoms with Crippen molar-refractivity contribution in [2.75, 3.05) is 11.1 Å². The van der Waals surface area contributed by atoms with Gasteiger partial charge in [0, 0.05) is 18.8 Å². The second-order valence-electron chi connectivity index (χ2n) is 2.96. The molecule has 0 atom stereocenters. The third-order valence-electron chi connectivity index (χ3n) is 1.86. The predicted molar refractivity (Wildman–Crippen MR) is 52.0 cm³/mol. The molecule has 7 nitrogen and oxygen atoms in total. The highest BCUT2D eigenvalue weighted by Crippen LogP contribution is 2.11. The Labute approximate surface area is 80.3 Å². The summed E-state index contributed by atoms with van der Waals surface area (Å²) in [6.45, 7) is 1.96. The molecule has 2 aromatic rings. The van der Waals surface area contributed by atoms with E-state index in [-0.39, 0.29) is 5.95 Å². The predicted octanol–water partition coefficient (Wildman–Crippen LogP) is 0.172. The summed E-state index contributed by atoms with van der Waals surface area (Å²) in [5, 5.41) is 13.5. The van der Waals surface area contributed by atoms with Crippen molar-refractivity contribution in [3.05, 3.63) is 11.8 Å². The summed E-state index contributed by atoms with van der Waals surface area (Å²) in [6.07, 6.45) is 0. The fourth-order valence-corrected chi connectivity index (χ4v) is 1.07. The number of aromatic nitrogens is 5. The van der Waals surface area contributed by atoms with E-state index in [4.69, 9.17) is 5.73 Å². The monoisotopic (exact) mass is 193 g/mol. The molecule has 0 fully saturated rings. The smallest absolute Gasteiger partial charge is 0.249 e. The second-order valence-corrected chi connectivity index (χ2v) is 2.96. The Balaban J connectivity index is 2.18. The first-order chi connectivity index (χ1) is 6.65. The van der Waals surface area contributed by atoms with Crippen molar-refractivity contribution in [2.24, 2.45) is 7.05 Å². The first kappa shape index (κ1) is 8.54. The Kier molecular flexibility index (Phi) is 1.84. The molecular weight excluding hydrogens is 182 g/mol. The Bertz CT molecular complexity index is 421. The van der Waals surface area contributed by atoms with Crippen molar-refractivity contribution < 1.29 is 0 Å². The van der Waals surface area contributed by atoms with Crippen molar-refractivity contribution in [3.63, 3.8) is 0 Å². The van der Waals surface area contributed by atoms with Crippen LogP contribution in [0.4, 0.5) is 17.7 Å². The third kappa shape index (κ3) is 1.51. The average Bonchev–Trinajstić information content (AvgIpc) is 2.62. The van der Waals surface area contributed by atoms with Crippen LogP contribution in [-0.2, 0) is 7.05 Å². The zero-order chi connectivity index (χ0) is 10.1. The Hall–Kier alpha value is -2.05. The van der Waals surface area contributed by atoms with Crippen LogP contribution in [0.1, 0.15) is 5.69 Å². The van der Waals surface area contributed by atoms with E-state index in [1.165, 1.54) is 0 Å². The van der Waals surface area contributed by atoms with Crippen molar-refractivity contribution in [3.8, 4) is 0 Å². The molecule has 0 amide bonds. The minimum absolute atomic E-state index is 0.278. The summed E-state index contributed by atoms with van der Waals surface area (Å²) < 4.78 is 1.76. The number of nitrogen functional groups attached to an aromatic ring is 1. The van der Waals surface area contributed by atoms with Crippen LogP contribution in [0.15, 0.2) is 6.07 Å². The number of nitrogens with one attached hydrogen (secondary N) is 2. The molecule has 2 heterocycles. The second kappa shape index (κ2) is 3.02. The van der Waals surface area contributed by atoms with Gasteiger partial charge in [0.1, 0.15) is 0 Å². The van der Waals surface area contributed by atoms with E-state index in [9.17, 15) is 0 Å². The van der Waals surface area contributed by atoms with Gasteiger partial charge in [-0.15, -0.1) is 5.10 Å². The molecule has 0 spiro atoms. The average molecular weight is 193 g/mol. The third-order valence-corrected chi connectivity index (χ3v) is 1.86. The van der Waals surface area contributed by atoms with E-state index in [2.05, 4.69) is 25.6 Å². The molecule has 0 aromatic carbocycles. The lowest BCUT2D eigenvalue weighted by Crippen LogP contribution is -1.96. The summed E-state index contributed by atoms with van der Waals surface area (Å²) >= 11 is 0. The van der Waals surface area contributed by atoms with Gasteiger partial charge in [0.25, 0.3) is 0 Å². The van der Waals surface area contributed by atoms with Crippen LogP contribution in [0, 0.1) is 6.92 Å². The SMILES string of the molecule is Cc1cc(Nc2n[nH]c(N)n2)nn1C. The Morgan fingerprint density at radius 1 is 1.57 bits per heavy atom. The van der Waals surface area contributed by atoms with Gasteiger partial charge in [-0.25, -0.2) is 5.10 Å². The van der Waals surface area contributed by atoms with Gasteiger partial charge in [-0.3, -0.25) is 4.68 Å². The summed E-state index contributed by atoms with van der Waals surface area (Å²) in [5.74, 6) is 1.39. The fourth-order valence-electron chi connectivity index (χ4n) is 1.07. The number of nitrogens with two attached hydrogens (primary N) is 1. The number of rotatable bonds is 2. The molecule has 4 N–H and O–H groups in total. The molecule has 74 valence electrons. The van der Waals surface area contributed by atoms with Gasteiger partial charge in [0.15, 0.2) is 5.82 Å². The largest absolute Gasteiger partial charge is 0.368 e. The van der Waals surface area contributed by atoms with Crippen molar-refractivity contribution in [1.82, 2.24) is 25.0 Å². The van der Waals surface area contributed by atoms with Gasteiger partial charge < -0.3 is 11.1 Å². The molecule has 2 aromatic heterocycles. The lowest BCUT2D eigenvalue weighted by molar-refractivity contribution is 0.743. The molecule has 0 radical (unpaired) electrons. The maximum Gasteiger partial charge on any atom is 0.249 e. The number of aryl methyl sites for hydroxylation is 2. The molecule has 0 aliphatic heterocycles. The van der Waals surface area contributed by atoms with Gasteiger partial charge in [0.2, 0.25) is 11.9 Å². The summed E-state index contributed by atoms with van der Waals surface area (Å²) in [7, 11) is 1.87. The first-order valence-electron chi connectivity index (χ1n) is 4.10. The van der Waals surface area contributed by atoms with Crippen LogP contribution >= 0.6 is 0 Å². The molecule has 0 saturated heterocycles. The molecule has 0 aliphatic carbocycles. The zero-order valence-corrected chi connectivity index (χ0v) is 7.94. The quantitative estimate of drug-likeness (QED) is 0.631. The van der Waals surface area contributed by atoms with Crippen molar-refractivity contribution in [1.29, 1.82) is 0 Å². The lowest BCUT2D eigenvalue weighted by Gasteiger charge is -1.93. The number of aromatic amines is 1. The standard InChI is InChI=1S/C7H11N7/c1-4-3-5(13-14(4)2)9-7-10-6(8)11-12-7/h3H,1-2H3,(H4,8,9,10,11,12,13). The number of hydrogen-bond acceptors (Lipinski definition) is 5.